The molecular weight excluding hydrogens is 1270 g/mol. The largest absolute Gasteiger partial charge is 0.682 e. The minimum absolute atomic E-state index is 0. The molecule has 511 valence electrons. The van der Waals surface area contributed by atoms with Gasteiger partial charge in [0.2, 0.25) is 41.4 Å². The van der Waals surface area contributed by atoms with Crippen LogP contribution in [0.4, 0.5) is 0 Å². The Morgan fingerprint density at radius 1 is 0.796 bits per heavy atom. The summed E-state index contributed by atoms with van der Waals surface area (Å²) in [6.07, 6.45) is -4.47. The monoisotopic (exact) mass is 1360 g/mol. The zero-order valence-electron chi connectivity index (χ0n) is 54.5. The number of carbonyl (C=O) groups excluding carboxylic acids is 7. The molecule has 0 spiro atoms. The molecule has 7 amide bonds. The fraction of sp³-hybridized carbons (Fsp3) is 0.619. The van der Waals surface area contributed by atoms with Crippen LogP contribution in [0, 0.1) is 71.0 Å². The van der Waals surface area contributed by atoms with Gasteiger partial charge in [-0.3, -0.25) is 57.6 Å². The quantitative estimate of drug-likeness (QED) is 0.0469. The molecule has 6 aliphatic rings. The van der Waals surface area contributed by atoms with Crippen LogP contribution in [0.15, 0.2) is 67.8 Å². The van der Waals surface area contributed by atoms with E-state index in [-0.39, 0.29) is 94.0 Å². The van der Waals surface area contributed by atoms with Gasteiger partial charge < -0.3 is 81.3 Å². The number of fused-ring (bicyclic) bond motifs is 7. The molecule has 2 aromatic rings. The SMILES string of the molecule is C/C1=C2/[N-][C@H]([C@H](CC(N)=O)[C@@]2(C)CCC(=O)NC[C@H](C)OP(=O)(O)OC2C(O)[C@@H](n3cnc4cc(C)c(C)cc43)O[C@@H]2CO)[C@]2(C)N=C(/C(C)=C3N=C(/C=C4N=C1[C@@H](CCC(N)=O)C\4(C)C)[C@@H](CCC(N)=O)[C@]\3(C)CC(N)=O)[C@@H](CCC(N)=O)[C@]2(C)CC(N)=O.[C-]#N.[Co]. The first-order valence-corrected chi connectivity index (χ1v) is 32.2. The number of hydrogen-bond acceptors (Lipinski definition) is 18. The first-order chi connectivity index (χ1) is 42.8. The summed E-state index contributed by atoms with van der Waals surface area (Å²) in [5.74, 6) is -7.34. The van der Waals surface area contributed by atoms with Crippen molar-refractivity contribution >= 4 is 77.3 Å². The standard InChI is InChI=1S/C62H90N13O14P.CN.Co/c1-29-20-39-40(21-30(29)2)75(28-70-39)57-52(84)53(41(27-76)87-57)89-90(85,86)88-31(3)26-69-49(83)18-19-59(8)37(22-46(66)80)56-62(11)61(10,25-48(68)82)36(14-17-45(65)79)51(74-62)33(5)55-60(9,24-47(67)81)34(12-15-43(63)77)38(71-55)23-42-58(6,7)35(13-16-44(64)78)50(72-42)32(4)54(59)73-56;1-2;/h20-21,23,28,31,34-37,41,52-53,56-57,76,84H,12-19,22,24-27H2,1-11H3,(H15,63,64,65,66,67,68,69,71,72,73,74,77,78,79,80,81,82,83,85,86);;/q;-1;/p-1/t31-,34+,35+,36+,37-,41+,52?,53?,56+,57-,59+,60-,61-,62-;;/m0../s1. The van der Waals surface area contributed by atoms with Gasteiger partial charge in [0.15, 0.2) is 6.23 Å². The number of nitrogens with zero attached hydrogens (tertiary/aromatic N) is 7. The van der Waals surface area contributed by atoms with Gasteiger partial charge in [-0.25, -0.2) is 9.55 Å². The molecule has 6 aliphatic heterocycles. The predicted octanol–water partition coefficient (Wildman–Crippen LogP) is 4.04. The third kappa shape index (κ3) is 14.6. The maximum Gasteiger partial charge on any atom is 0.472 e. The Bertz CT molecular complexity index is 3600. The number of amides is 7. The Morgan fingerprint density at radius 3 is 1.95 bits per heavy atom. The van der Waals surface area contributed by atoms with E-state index in [0.717, 1.165) is 11.1 Å². The molecule has 8 rings (SSSR count). The molecule has 93 heavy (non-hydrogen) atoms. The summed E-state index contributed by atoms with van der Waals surface area (Å²) in [7, 11) is -5.07. The Kier molecular flexibility index (Phi) is 23.0. The molecule has 2 fully saturated rings. The molecule has 15 atom stereocenters. The number of ether oxygens (including phenoxy) is 1. The van der Waals surface area contributed by atoms with Crippen LogP contribution in [-0.4, -0.2) is 132 Å². The smallest absolute Gasteiger partial charge is 0.472 e. The van der Waals surface area contributed by atoms with Crippen molar-refractivity contribution in [3.8, 4) is 0 Å². The maximum atomic E-state index is 14.4. The first kappa shape index (κ1) is 75.0. The number of aryl methyl sites for hydroxylation is 2. The number of phosphoric acid groups is 1. The minimum Gasteiger partial charge on any atom is -0.682 e. The van der Waals surface area contributed by atoms with Crippen LogP contribution in [0.25, 0.3) is 16.4 Å². The fourth-order valence-electron chi connectivity index (χ4n) is 15.3. The Balaban J connectivity index is 0.00000453. The van der Waals surface area contributed by atoms with E-state index in [1.54, 1.807) is 11.5 Å². The summed E-state index contributed by atoms with van der Waals surface area (Å²) in [5.41, 5.74) is 36.8. The fourth-order valence-corrected chi connectivity index (χ4v) is 16.5. The number of allylic oxidation sites excluding steroid dienone is 6. The number of rotatable bonds is 26. The number of aromatic nitrogens is 2. The molecular formula is C63H89CoN14O14P-2. The number of primary amides is 6. The number of imidazole rings is 1. The van der Waals surface area contributed by atoms with Crippen molar-refractivity contribution in [3.05, 3.63) is 75.8 Å². The van der Waals surface area contributed by atoms with Gasteiger partial charge in [-0.1, -0.05) is 40.7 Å². The first-order valence-electron chi connectivity index (χ1n) is 30.7. The van der Waals surface area contributed by atoms with Crippen molar-refractivity contribution in [2.75, 3.05) is 13.2 Å². The van der Waals surface area contributed by atoms with E-state index in [0.29, 0.717) is 56.4 Å². The van der Waals surface area contributed by atoms with E-state index in [9.17, 15) is 53.2 Å². The van der Waals surface area contributed by atoms with E-state index in [1.807, 2.05) is 80.5 Å². The van der Waals surface area contributed by atoms with Gasteiger partial charge in [0.25, 0.3) is 0 Å². The van der Waals surface area contributed by atoms with Gasteiger partial charge in [-0.15, -0.1) is 0 Å². The van der Waals surface area contributed by atoms with Crippen LogP contribution in [0.5, 0.6) is 0 Å². The molecule has 0 aliphatic carbocycles. The molecule has 1 aromatic heterocycles. The van der Waals surface area contributed by atoms with E-state index in [1.165, 1.54) is 13.3 Å². The summed E-state index contributed by atoms with van der Waals surface area (Å²) >= 11 is 0. The van der Waals surface area contributed by atoms with Crippen LogP contribution in [0.1, 0.15) is 150 Å². The van der Waals surface area contributed by atoms with Crippen molar-refractivity contribution in [2.45, 2.75) is 189 Å². The Labute approximate surface area is 551 Å². The molecule has 0 saturated carbocycles. The van der Waals surface area contributed by atoms with Gasteiger partial charge in [0, 0.05) is 125 Å². The molecule has 28 nitrogen and oxygen atoms in total. The molecule has 3 unspecified atom stereocenters. The Morgan fingerprint density at radius 2 is 1.38 bits per heavy atom. The molecule has 2 saturated heterocycles. The average molecular weight is 1360 g/mol. The van der Waals surface area contributed by atoms with Gasteiger partial charge in [-0.2, -0.15) is 5.70 Å². The number of aliphatic imine (C=N–C) groups is 3. The second-order valence-electron chi connectivity index (χ2n) is 27.0. The molecule has 8 bridgehead atoms. The van der Waals surface area contributed by atoms with Crippen LogP contribution in [0.2, 0.25) is 0 Å². The van der Waals surface area contributed by atoms with E-state index in [2.05, 4.69) is 10.3 Å². The number of nitrogens with one attached hydrogen (secondary N) is 1. The zero-order valence-corrected chi connectivity index (χ0v) is 56.4. The summed E-state index contributed by atoms with van der Waals surface area (Å²) in [4.78, 5) is 125. The molecule has 1 radical (unpaired) electrons. The average Bonchev–Trinajstić information content (AvgIpc) is 1.53. The maximum absolute atomic E-state index is 14.4. The van der Waals surface area contributed by atoms with E-state index >= 15 is 0 Å². The summed E-state index contributed by atoms with van der Waals surface area (Å²) in [5, 5.41) is 36.5. The van der Waals surface area contributed by atoms with Crippen LogP contribution in [-0.2, 0) is 68.7 Å². The summed E-state index contributed by atoms with van der Waals surface area (Å²) in [6, 6.07) is 2.68. The molecule has 30 heteroatoms. The van der Waals surface area contributed by atoms with Crippen LogP contribution < -0.4 is 39.7 Å². The number of carbonyl (C=O) groups is 7. The third-order valence-electron chi connectivity index (χ3n) is 20.5. The zero-order chi connectivity index (χ0) is 68.7. The van der Waals surface area contributed by atoms with Gasteiger partial charge in [-0.05, 0) is 119 Å². The topological polar surface area (TPSA) is 486 Å². The molecule has 7 heterocycles. The van der Waals surface area contributed by atoms with Crippen molar-refractivity contribution in [1.82, 2.24) is 14.9 Å². The number of hydrogen-bond donors (Lipinski definition) is 10. The number of benzene rings is 1. The third-order valence-corrected chi connectivity index (χ3v) is 21.6. The number of aliphatic hydroxyl groups is 2. The number of aliphatic hydroxyl groups excluding tert-OH is 2. The number of nitrogens with two attached hydrogens (primary N) is 6. The van der Waals surface area contributed by atoms with Gasteiger partial charge in [0.05, 0.1) is 41.3 Å². The normalized spacial score (nSPS) is 33.1. The van der Waals surface area contributed by atoms with Crippen molar-refractivity contribution < 1.29 is 83.8 Å². The minimum atomic E-state index is -5.07. The second-order valence-corrected chi connectivity index (χ2v) is 28.4. The summed E-state index contributed by atoms with van der Waals surface area (Å²) in [6.45, 7) is 23.9. The van der Waals surface area contributed by atoms with E-state index < -0.39 is 143 Å². The van der Waals surface area contributed by atoms with Crippen LogP contribution in [0.3, 0.4) is 0 Å². The van der Waals surface area contributed by atoms with Gasteiger partial charge in [0.1, 0.15) is 18.3 Å². The van der Waals surface area contributed by atoms with E-state index in [4.69, 9.17) is 80.3 Å². The second kappa shape index (κ2) is 28.5. The van der Waals surface area contributed by atoms with Crippen molar-refractivity contribution in [1.29, 1.82) is 5.26 Å². The Hall–Kier alpha value is -7.00. The van der Waals surface area contributed by atoms with Gasteiger partial charge >= 0.3 is 7.82 Å². The molecule has 1 aromatic carbocycles. The predicted molar refractivity (Wildman–Crippen MR) is 339 cm³/mol. The molecule has 16 N–H and O–H groups in total. The van der Waals surface area contributed by atoms with Crippen LogP contribution >= 0.6 is 7.82 Å². The number of phosphoric ester groups is 1. The van der Waals surface area contributed by atoms with Crippen molar-refractivity contribution in [2.24, 2.45) is 94.7 Å². The van der Waals surface area contributed by atoms with Crippen molar-refractivity contribution in [3.63, 3.8) is 0 Å². The summed E-state index contributed by atoms with van der Waals surface area (Å²) < 4.78 is 32.3.